The van der Waals surface area contributed by atoms with Gasteiger partial charge in [0.05, 0.1) is 6.61 Å². The number of benzene rings is 1. The van der Waals surface area contributed by atoms with Crippen molar-refractivity contribution < 1.29 is 5.11 Å². The van der Waals surface area contributed by atoms with E-state index in [-0.39, 0.29) is 12.6 Å². The van der Waals surface area contributed by atoms with E-state index in [1.807, 2.05) is 19.1 Å². The van der Waals surface area contributed by atoms with E-state index in [9.17, 15) is 5.11 Å². The molecular weight excluding hydrogens is 236 g/mol. The molecule has 1 aromatic carbocycles. The van der Waals surface area contributed by atoms with E-state index in [1.54, 1.807) is 0 Å². The number of aliphatic hydroxyl groups excluding tert-OH is 1. The molecule has 0 bridgehead atoms. The zero-order valence-electron chi connectivity index (χ0n) is 10.3. The average molecular weight is 255 g/mol. The molecular formula is C13H19ClN2O. The van der Waals surface area contributed by atoms with E-state index < -0.39 is 0 Å². The zero-order chi connectivity index (χ0) is 12.4. The van der Waals surface area contributed by atoms with Gasteiger partial charge in [0.1, 0.15) is 0 Å². The van der Waals surface area contributed by atoms with Crippen molar-refractivity contribution in [2.24, 2.45) is 0 Å². The van der Waals surface area contributed by atoms with Gasteiger partial charge in [-0.2, -0.15) is 0 Å². The van der Waals surface area contributed by atoms with E-state index in [2.05, 4.69) is 23.2 Å². The van der Waals surface area contributed by atoms with Crippen LogP contribution in [0, 0.1) is 6.92 Å². The lowest BCUT2D eigenvalue weighted by Gasteiger charge is -2.38. The molecule has 3 nitrogen and oxygen atoms in total. The molecule has 1 aliphatic heterocycles. The van der Waals surface area contributed by atoms with Crippen molar-refractivity contribution in [1.29, 1.82) is 0 Å². The number of nitrogens with one attached hydrogen (secondary N) is 1. The Morgan fingerprint density at radius 3 is 2.88 bits per heavy atom. The second kappa shape index (κ2) is 5.25. The van der Waals surface area contributed by atoms with Crippen LogP contribution in [-0.2, 0) is 0 Å². The highest BCUT2D eigenvalue weighted by molar-refractivity contribution is 6.31. The molecule has 2 unspecified atom stereocenters. The van der Waals surface area contributed by atoms with Gasteiger partial charge in [0.25, 0.3) is 0 Å². The molecule has 2 N–H and O–H groups in total. The molecule has 2 rings (SSSR count). The van der Waals surface area contributed by atoms with Crippen molar-refractivity contribution in [3.63, 3.8) is 0 Å². The van der Waals surface area contributed by atoms with Crippen LogP contribution >= 0.6 is 11.6 Å². The maximum atomic E-state index is 9.26. The minimum absolute atomic E-state index is 0.138. The smallest absolute Gasteiger partial charge is 0.0602 e. The van der Waals surface area contributed by atoms with Crippen LogP contribution in [0.25, 0.3) is 0 Å². The Bertz CT molecular complexity index is 397. The number of aliphatic hydroxyl groups is 1. The molecule has 0 saturated carbocycles. The van der Waals surface area contributed by atoms with Crippen LogP contribution in [0.1, 0.15) is 12.5 Å². The summed E-state index contributed by atoms with van der Waals surface area (Å²) in [6.45, 7) is 6.06. The third-order valence-corrected chi connectivity index (χ3v) is 3.60. The number of rotatable bonds is 2. The molecule has 0 aromatic heterocycles. The van der Waals surface area contributed by atoms with Crippen LogP contribution < -0.4 is 10.2 Å². The first-order chi connectivity index (χ1) is 8.10. The first-order valence-corrected chi connectivity index (χ1v) is 6.36. The fourth-order valence-electron chi connectivity index (χ4n) is 2.28. The Hall–Kier alpha value is -0.770. The Balaban J connectivity index is 2.17. The van der Waals surface area contributed by atoms with Crippen LogP contribution in [0.5, 0.6) is 0 Å². The van der Waals surface area contributed by atoms with E-state index in [1.165, 1.54) is 0 Å². The quantitative estimate of drug-likeness (QED) is 0.845. The summed E-state index contributed by atoms with van der Waals surface area (Å²) in [6, 6.07) is 6.65. The van der Waals surface area contributed by atoms with Gasteiger partial charge in [-0.1, -0.05) is 17.7 Å². The van der Waals surface area contributed by atoms with Crippen LogP contribution in [0.2, 0.25) is 5.02 Å². The van der Waals surface area contributed by atoms with Gasteiger partial charge in [-0.05, 0) is 31.5 Å². The summed E-state index contributed by atoms with van der Waals surface area (Å²) in [6.07, 6.45) is 0. The highest BCUT2D eigenvalue weighted by Gasteiger charge is 2.23. The minimum atomic E-state index is 0.138. The number of anilines is 1. The van der Waals surface area contributed by atoms with Crippen LogP contribution in [0.15, 0.2) is 18.2 Å². The Morgan fingerprint density at radius 1 is 1.47 bits per heavy atom. The van der Waals surface area contributed by atoms with Gasteiger partial charge in [0.15, 0.2) is 0 Å². The van der Waals surface area contributed by atoms with Crippen molar-refractivity contribution in [3.8, 4) is 0 Å². The van der Waals surface area contributed by atoms with Gasteiger partial charge in [-0.15, -0.1) is 0 Å². The topological polar surface area (TPSA) is 35.5 Å². The van der Waals surface area contributed by atoms with Gasteiger partial charge < -0.3 is 15.3 Å². The summed E-state index contributed by atoms with van der Waals surface area (Å²) in [7, 11) is 0. The Kier molecular flexibility index (Phi) is 3.92. The summed E-state index contributed by atoms with van der Waals surface area (Å²) in [5.74, 6) is 0. The third kappa shape index (κ3) is 2.92. The molecule has 0 aliphatic carbocycles. The summed E-state index contributed by atoms with van der Waals surface area (Å²) >= 11 is 6.15. The van der Waals surface area contributed by atoms with Crippen molar-refractivity contribution >= 4 is 17.3 Å². The molecule has 1 heterocycles. The lowest BCUT2D eigenvalue weighted by molar-refractivity contribution is 0.221. The molecule has 94 valence electrons. The van der Waals surface area contributed by atoms with Gasteiger partial charge >= 0.3 is 0 Å². The highest BCUT2D eigenvalue weighted by Crippen LogP contribution is 2.24. The van der Waals surface area contributed by atoms with E-state index in [0.29, 0.717) is 6.04 Å². The Labute approximate surface area is 107 Å². The highest BCUT2D eigenvalue weighted by atomic mass is 35.5. The van der Waals surface area contributed by atoms with Gasteiger partial charge in [0.2, 0.25) is 0 Å². The van der Waals surface area contributed by atoms with Crippen LogP contribution in [0.3, 0.4) is 0 Å². The molecule has 1 fully saturated rings. The second-order valence-electron chi connectivity index (χ2n) is 4.79. The lowest BCUT2D eigenvalue weighted by Crippen LogP contribution is -2.56. The summed E-state index contributed by atoms with van der Waals surface area (Å²) in [4.78, 5) is 2.27. The van der Waals surface area contributed by atoms with Crippen molar-refractivity contribution in [2.75, 3.05) is 24.6 Å². The van der Waals surface area contributed by atoms with Crippen molar-refractivity contribution in [2.45, 2.75) is 25.9 Å². The summed E-state index contributed by atoms with van der Waals surface area (Å²) < 4.78 is 0. The number of piperazine rings is 1. The number of nitrogens with zero attached hydrogens (tertiary/aromatic N) is 1. The SMILES string of the molecule is Cc1ccc(N2CC(C)NC(CO)C2)cc1Cl. The molecule has 0 spiro atoms. The van der Waals surface area contributed by atoms with Crippen molar-refractivity contribution in [1.82, 2.24) is 5.32 Å². The molecule has 4 heteroatoms. The maximum absolute atomic E-state index is 9.26. The van der Waals surface area contributed by atoms with E-state index in [4.69, 9.17) is 11.6 Å². The first kappa shape index (κ1) is 12.7. The second-order valence-corrected chi connectivity index (χ2v) is 5.19. The normalized spacial score (nSPS) is 25.1. The zero-order valence-corrected chi connectivity index (χ0v) is 11.0. The van der Waals surface area contributed by atoms with Crippen molar-refractivity contribution in [3.05, 3.63) is 28.8 Å². The van der Waals surface area contributed by atoms with Crippen LogP contribution in [0.4, 0.5) is 5.69 Å². The monoisotopic (exact) mass is 254 g/mol. The average Bonchev–Trinajstić information content (AvgIpc) is 2.32. The summed E-state index contributed by atoms with van der Waals surface area (Å²) in [5, 5.41) is 13.4. The fraction of sp³-hybridized carbons (Fsp3) is 0.538. The molecule has 17 heavy (non-hydrogen) atoms. The molecule has 0 amide bonds. The molecule has 0 radical (unpaired) electrons. The first-order valence-electron chi connectivity index (χ1n) is 5.98. The van der Waals surface area contributed by atoms with E-state index >= 15 is 0 Å². The molecule has 1 aliphatic rings. The largest absolute Gasteiger partial charge is 0.395 e. The van der Waals surface area contributed by atoms with Gasteiger partial charge in [0, 0.05) is 35.9 Å². The number of aryl methyl sites for hydroxylation is 1. The molecule has 1 saturated heterocycles. The van der Waals surface area contributed by atoms with Gasteiger partial charge in [-0.25, -0.2) is 0 Å². The van der Waals surface area contributed by atoms with E-state index in [0.717, 1.165) is 29.4 Å². The minimum Gasteiger partial charge on any atom is -0.395 e. The number of halogens is 1. The molecule has 1 aromatic rings. The Morgan fingerprint density at radius 2 is 2.24 bits per heavy atom. The third-order valence-electron chi connectivity index (χ3n) is 3.20. The predicted octanol–water partition coefficient (Wildman–Crippen LogP) is 1.81. The summed E-state index contributed by atoms with van der Waals surface area (Å²) in [5.41, 5.74) is 2.23. The predicted molar refractivity (Wildman–Crippen MR) is 71.9 cm³/mol. The standard InChI is InChI=1S/C13H19ClN2O/c1-9-3-4-12(5-13(9)14)16-6-10(2)15-11(7-16)8-17/h3-5,10-11,15,17H,6-8H2,1-2H3. The van der Waals surface area contributed by atoms with Gasteiger partial charge in [-0.3, -0.25) is 0 Å². The van der Waals surface area contributed by atoms with Crippen LogP contribution in [-0.4, -0.2) is 36.9 Å². The number of hydrogen-bond donors (Lipinski definition) is 2. The number of hydrogen-bond acceptors (Lipinski definition) is 3. The fourth-order valence-corrected chi connectivity index (χ4v) is 2.45. The lowest BCUT2D eigenvalue weighted by atomic mass is 10.1. The molecule has 2 atom stereocenters. The maximum Gasteiger partial charge on any atom is 0.0602 e.